The third-order valence-corrected chi connectivity index (χ3v) is 5.92. The number of rotatable bonds is 2. The third kappa shape index (κ3) is 2.88. The molecule has 0 aliphatic heterocycles. The fraction of sp³-hybridized carbons (Fsp3) is 0.200. The van der Waals surface area contributed by atoms with Crippen LogP contribution in [-0.2, 0) is 0 Å². The minimum absolute atomic E-state index is 1.33. The van der Waals surface area contributed by atoms with Gasteiger partial charge in [0.2, 0.25) is 0 Å². The molecule has 0 bridgehead atoms. The fourth-order valence-electron chi connectivity index (χ4n) is 1.74. The molecule has 0 fully saturated rings. The van der Waals surface area contributed by atoms with Crippen LogP contribution in [-0.4, -0.2) is 18.4 Å². The second-order valence-electron chi connectivity index (χ2n) is 5.27. The van der Waals surface area contributed by atoms with Gasteiger partial charge in [-0.3, -0.25) is 0 Å². The summed E-state index contributed by atoms with van der Waals surface area (Å²) in [6.07, 6.45) is 2.32. The van der Waals surface area contributed by atoms with E-state index in [9.17, 15) is 0 Å². The Balaban J connectivity index is 2.49. The normalized spacial score (nSPS) is 12.4. The van der Waals surface area contributed by atoms with Crippen LogP contribution in [0.3, 0.4) is 0 Å². The summed E-state index contributed by atoms with van der Waals surface area (Å²) < 4.78 is 2.47. The van der Waals surface area contributed by atoms with E-state index >= 15 is 0 Å². The van der Waals surface area contributed by atoms with Crippen molar-refractivity contribution in [1.29, 1.82) is 0 Å². The van der Waals surface area contributed by atoms with Gasteiger partial charge < -0.3 is 0 Å². The Morgan fingerprint density at radius 3 is 2.31 bits per heavy atom. The zero-order valence-corrected chi connectivity index (χ0v) is 13.1. The maximum absolute atomic E-state index is 2.47. The molecule has 0 atom stereocenters. The SMILES string of the molecule is [CH3][Sn]([CH3])([CH3])/[CH]=C/c1cccc2ccccc12. The molecule has 0 aromatic heterocycles. The van der Waals surface area contributed by atoms with Crippen LogP contribution in [0.1, 0.15) is 5.56 Å². The maximum atomic E-state index is 2.47. The molecule has 0 heterocycles. The quantitative estimate of drug-likeness (QED) is 0.703. The molecule has 2 aromatic rings. The second-order valence-corrected chi connectivity index (χ2v) is 19.7. The van der Waals surface area contributed by atoms with Crippen molar-refractivity contribution in [3.63, 3.8) is 0 Å². The predicted octanol–water partition coefficient (Wildman–Crippen LogP) is 4.73. The Kier molecular flexibility index (Phi) is 3.38. The molecule has 82 valence electrons. The molecule has 0 aliphatic rings. The minimum atomic E-state index is -1.79. The summed E-state index contributed by atoms with van der Waals surface area (Å²) in [6.45, 7) is 0. The average molecular weight is 317 g/mol. The van der Waals surface area contributed by atoms with Crippen LogP contribution in [0.15, 0.2) is 46.6 Å². The Morgan fingerprint density at radius 1 is 0.875 bits per heavy atom. The van der Waals surface area contributed by atoms with Crippen LogP contribution < -0.4 is 0 Å². The molecule has 0 saturated heterocycles. The van der Waals surface area contributed by atoms with E-state index in [2.05, 4.69) is 67.5 Å². The summed E-state index contributed by atoms with van der Waals surface area (Å²) in [6, 6.07) is 15.1. The number of hydrogen-bond donors (Lipinski definition) is 0. The number of hydrogen-bond acceptors (Lipinski definition) is 0. The monoisotopic (exact) mass is 318 g/mol. The van der Waals surface area contributed by atoms with Crippen molar-refractivity contribution in [2.24, 2.45) is 0 Å². The summed E-state index contributed by atoms with van der Waals surface area (Å²) in [4.78, 5) is 7.28. The van der Waals surface area contributed by atoms with E-state index in [1.54, 1.807) is 0 Å². The Hall–Kier alpha value is -0.761. The van der Waals surface area contributed by atoms with Crippen molar-refractivity contribution >= 4 is 35.2 Å². The number of fused-ring (bicyclic) bond motifs is 1. The molecule has 0 N–H and O–H groups in total. The molecule has 16 heavy (non-hydrogen) atoms. The molecule has 1 heteroatoms. The van der Waals surface area contributed by atoms with Crippen molar-refractivity contribution < 1.29 is 0 Å². The molecule has 0 radical (unpaired) electrons. The average Bonchev–Trinajstić information content (AvgIpc) is 2.25. The van der Waals surface area contributed by atoms with Crippen LogP contribution in [0.2, 0.25) is 14.8 Å². The predicted molar refractivity (Wildman–Crippen MR) is 76.3 cm³/mol. The molecule has 0 unspecified atom stereocenters. The van der Waals surface area contributed by atoms with Gasteiger partial charge >= 0.3 is 102 Å². The van der Waals surface area contributed by atoms with Gasteiger partial charge in [0.25, 0.3) is 0 Å². The summed E-state index contributed by atoms with van der Waals surface area (Å²) in [5.41, 5.74) is 1.35. The van der Waals surface area contributed by atoms with Gasteiger partial charge in [-0.2, -0.15) is 0 Å². The van der Waals surface area contributed by atoms with Crippen molar-refractivity contribution in [3.8, 4) is 0 Å². The van der Waals surface area contributed by atoms with Gasteiger partial charge in [-0.1, -0.05) is 0 Å². The van der Waals surface area contributed by atoms with Crippen LogP contribution in [0, 0.1) is 0 Å². The van der Waals surface area contributed by atoms with E-state index in [-0.39, 0.29) is 0 Å². The van der Waals surface area contributed by atoms with Gasteiger partial charge in [0, 0.05) is 0 Å². The van der Waals surface area contributed by atoms with Gasteiger partial charge in [0.15, 0.2) is 0 Å². The zero-order chi connectivity index (χ0) is 11.6. The molecule has 0 spiro atoms. The van der Waals surface area contributed by atoms with E-state index in [0.29, 0.717) is 0 Å². The standard InChI is InChI=1S/C12H9.3CH3.Sn/c1-2-10-7-5-8-11-6-3-4-9-12(10)11;;;;/h1-9H;3*1H3;. The summed E-state index contributed by atoms with van der Waals surface area (Å²) in [5, 5.41) is 2.69. The van der Waals surface area contributed by atoms with E-state index in [4.69, 9.17) is 0 Å². The first-order valence-corrected chi connectivity index (χ1v) is 15.9. The van der Waals surface area contributed by atoms with Crippen molar-refractivity contribution in [2.45, 2.75) is 14.8 Å². The first kappa shape index (κ1) is 11.7. The molecular weight excluding hydrogens is 299 g/mol. The van der Waals surface area contributed by atoms with Gasteiger partial charge in [-0.15, -0.1) is 0 Å². The molecule has 0 nitrogen and oxygen atoms in total. The summed E-state index contributed by atoms with van der Waals surface area (Å²) in [5.74, 6) is 0. The molecule has 0 amide bonds. The fourth-order valence-corrected chi connectivity index (χ4v) is 3.68. The van der Waals surface area contributed by atoms with Crippen LogP contribution in [0.4, 0.5) is 0 Å². The van der Waals surface area contributed by atoms with Gasteiger partial charge in [-0.05, 0) is 0 Å². The van der Waals surface area contributed by atoms with E-state index < -0.39 is 18.4 Å². The van der Waals surface area contributed by atoms with Gasteiger partial charge in [-0.25, -0.2) is 0 Å². The second kappa shape index (κ2) is 4.62. The molecule has 0 saturated carbocycles. The van der Waals surface area contributed by atoms with E-state index in [0.717, 1.165) is 0 Å². The Bertz CT molecular complexity index is 513. The summed E-state index contributed by atoms with van der Waals surface area (Å²) >= 11 is -1.79. The van der Waals surface area contributed by atoms with Crippen LogP contribution in [0.5, 0.6) is 0 Å². The third-order valence-electron chi connectivity index (χ3n) is 2.59. The molecule has 0 aliphatic carbocycles. The zero-order valence-electron chi connectivity index (χ0n) is 10.2. The Labute approximate surface area is 102 Å². The molecule has 2 aromatic carbocycles. The molecule has 2 rings (SSSR count). The van der Waals surface area contributed by atoms with Gasteiger partial charge in [0.1, 0.15) is 0 Å². The van der Waals surface area contributed by atoms with Gasteiger partial charge in [0.05, 0.1) is 0 Å². The Morgan fingerprint density at radius 2 is 1.56 bits per heavy atom. The topological polar surface area (TPSA) is 0 Å². The van der Waals surface area contributed by atoms with E-state index in [1.165, 1.54) is 16.3 Å². The number of benzene rings is 2. The van der Waals surface area contributed by atoms with Crippen molar-refractivity contribution in [2.75, 3.05) is 0 Å². The first-order chi connectivity index (χ1) is 7.56. The van der Waals surface area contributed by atoms with Crippen molar-refractivity contribution in [1.82, 2.24) is 0 Å². The molecular formula is C15H18Sn. The van der Waals surface area contributed by atoms with Crippen LogP contribution >= 0.6 is 0 Å². The first-order valence-electron chi connectivity index (χ1n) is 5.73. The van der Waals surface area contributed by atoms with E-state index in [1.807, 2.05) is 0 Å². The summed E-state index contributed by atoms with van der Waals surface area (Å²) in [7, 11) is 0. The van der Waals surface area contributed by atoms with Crippen LogP contribution in [0.25, 0.3) is 16.8 Å². The van der Waals surface area contributed by atoms with Crippen molar-refractivity contribution in [3.05, 3.63) is 52.1 Å².